The van der Waals surface area contributed by atoms with E-state index < -0.39 is 10.0 Å². The highest BCUT2D eigenvalue weighted by Crippen LogP contribution is 2.18. The lowest BCUT2D eigenvalue weighted by molar-refractivity contribution is 0.306. The number of nitrogens with zero attached hydrogens (tertiary/aromatic N) is 3. The Labute approximate surface area is 191 Å². The highest BCUT2D eigenvalue weighted by molar-refractivity contribution is 14.0. The van der Waals surface area contributed by atoms with Crippen LogP contribution >= 0.6 is 24.0 Å². The van der Waals surface area contributed by atoms with Gasteiger partial charge in [0.25, 0.3) is 0 Å². The average molecular weight is 533 g/mol. The molecule has 1 fully saturated rings. The van der Waals surface area contributed by atoms with Crippen LogP contribution in [0.3, 0.4) is 0 Å². The van der Waals surface area contributed by atoms with Crippen molar-refractivity contribution in [2.75, 3.05) is 43.9 Å². The van der Waals surface area contributed by atoms with E-state index in [0.717, 1.165) is 31.9 Å². The van der Waals surface area contributed by atoms with Crippen LogP contribution in [0.2, 0.25) is 0 Å². The van der Waals surface area contributed by atoms with Gasteiger partial charge in [-0.15, -0.1) is 24.0 Å². The van der Waals surface area contributed by atoms with Crippen LogP contribution in [0.25, 0.3) is 0 Å². The topological polar surface area (TPSA) is 77.0 Å². The summed E-state index contributed by atoms with van der Waals surface area (Å²) >= 11 is 0. The first-order valence-corrected chi connectivity index (χ1v) is 11.6. The number of rotatable bonds is 6. The van der Waals surface area contributed by atoms with Gasteiger partial charge in [-0.25, -0.2) is 12.7 Å². The molecule has 0 unspecified atom stereocenters. The average Bonchev–Trinajstić information content (AvgIpc) is 3.26. The molecule has 0 radical (unpaired) electrons. The van der Waals surface area contributed by atoms with Gasteiger partial charge in [0.15, 0.2) is 5.96 Å². The predicted molar refractivity (Wildman–Crippen MR) is 131 cm³/mol. The first-order chi connectivity index (χ1) is 13.5. The standard InChI is InChI=1S/C20H31N5O2S.HI/c1-3-28(26,27)25-14-10-18(11-15-25)23-20(21-2)22-16-17-6-8-19(9-7-17)24-12-4-5-13-24;/h4-9,18H,3,10-16H2,1-2H3,(H2,21,22,23);1H. The third kappa shape index (κ3) is 6.58. The minimum absolute atomic E-state index is 0. The van der Waals surface area contributed by atoms with Gasteiger partial charge in [0.2, 0.25) is 10.0 Å². The zero-order chi connectivity index (χ0) is 20.0. The van der Waals surface area contributed by atoms with Crippen LogP contribution in [-0.2, 0) is 16.6 Å². The van der Waals surface area contributed by atoms with Gasteiger partial charge in [-0.1, -0.05) is 24.3 Å². The van der Waals surface area contributed by atoms with Crippen molar-refractivity contribution in [3.8, 4) is 0 Å². The van der Waals surface area contributed by atoms with Gasteiger partial charge < -0.3 is 15.5 Å². The normalized spacial score (nSPS) is 18.6. The van der Waals surface area contributed by atoms with Crippen molar-refractivity contribution in [2.45, 2.75) is 32.4 Å². The Morgan fingerprint density at radius 1 is 1.14 bits per heavy atom. The molecule has 0 bridgehead atoms. The number of guanidine groups is 1. The van der Waals surface area contributed by atoms with Gasteiger partial charge in [-0.2, -0.15) is 0 Å². The number of piperidine rings is 1. The minimum atomic E-state index is -3.08. The zero-order valence-electron chi connectivity index (χ0n) is 17.2. The lowest BCUT2D eigenvalue weighted by Gasteiger charge is -2.32. The number of nitrogens with one attached hydrogen (secondary N) is 2. The van der Waals surface area contributed by atoms with Crippen LogP contribution in [0.4, 0.5) is 5.69 Å². The maximum absolute atomic E-state index is 12.0. The summed E-state index contributed by atoms with van der Waals surface area (Å²) in [6.07, 6.45) is 5.96. The lowest BCUT2D eigenvalue weighted by Crippen LogP contribution is -2.49. The molecule has 2 aliphatic rings. The fraction of sp³-hybridized carbons (Fsp3) is 0.550. The highest BCUT2D eigenvalue weighted by atomic mass is 127. The molecule has 1 saturated heterocycles. The van der Waals surface area contributed by atoms with E-state index in [4.69, 9.17) is 0 Å². The maximum Gasteiger partial charge on any atom is 0.213 e. The van der Waals surface area contributed by atoms with Gasteiger partial charge in [0, 0.05) is 51.5 Å². The monoisotopic (exact) mass is 533 g/mol. The van der Waals surface area contributed by atoms with Crippen LogP contribution in [0.5, 0.6) is 0 Å². The minimum Gasteiger partial charge on any atom is -0.364 e. The quantitative estimate of drug-likeness (QED) is 0.254. The Morgan fingerprint density at radius 3 is 2.31 bits per heavy atom. The van der Waals surface area contributed by atoms with E-state index in [0.29, 0.717) is 19.6 Å². The van der Waals surface area contributed by atoms with Gasteiger partial charge in [-0.3, -0.25) is 4.99 Å². The zero-order valence-corrected chi connectivity index (χ0v) is 20.3. The Morgan fingerprint density at radius 2 is 1.76 bits per heavy atom. The van der Waals surface area contributed by atoms with Gasteiger partial charge >= 0.3 is 0 Å². The molecule has 1 aromatic rings. The van der Waals surface area contributed by atoms with Gasteiger partial charge in [-0.05, 0) is 37.5 Å². The maximum atomic E-state index is 12.0. The van der Waals surface area contributed by atoms with E-state index in [2.05, 4.69) is 56.9 Å². The molecule has 162 valence electrons. The summed E-state index contributed by atoms with van der Waals surface area (Å²) in [6.45, 7) is 5.48. The summed E-state index contributed by atoms with van der Waals surface area (Å²) in [5.74, 6) is 0.922. The fourth-order valence-electron chi connectivity index (χ4n) is 3.55. The van der Waals surface area contributed by atoms with Crippen molar-refractivity contribution in [1.82, 2.24) is 14.9 Å². The molecular formula is C20H32IN5O2S. The Hall–Kier alpha value is -1.33. The predicted octanol–water partition coefficient (Wildman–Crippen LogP) is 2.16. The lowest BCUT2D eigenvalue weighted by atomic mass is 10.1. The number of hydrogen-bond donors (Lipinski definition) is 2. The van der Waals surface area contributed by atoms with E-state index in [-0.39, 0.29) is 35.8 Å². The Bertz CT molecular complexity index is 795. The molecular weight excluding hydrogens is 501 g/mol. The number of hydrogen-bond acceptors (Lipinski definition) is 4. The first-order valence-electron chi connectivity index (χ1n) is 9.95. The van der Waals surface area contributed by atoms with Gasteiger partial charge in [0.1, 0.15) is 0 Å². The van der Waals surface area contributed by atoms with E-state index in [1.165, 1.54) is 11.3 Å². The molecule has 9 heteroatoms. The summed E-state index contributed by atoms with van der Waals surface area (Å²) in [7, 11) is -1.32. The van der Waals surface area contributed by atoms with Crippen molar-refractivity contribution in [2.24, 2.45) is 4.99 Å². The molecule has 0 aliphatic carbocycles. The summed E-state index contributed by atoms with van der Waals surface area (Å²) in [4.78, 5) is 6.63. The molecule has 2 aliphatic heterocycles. The molecule has 2 N–H and O–H groups in total. The molecule has 0 saturated carbocycles. The molecule has 0 spiro atoms. The van der Waals surface area contributed by atoms with Crippen LogP contribution < -0.4 is 15.5 Å². The van der Waals surface area contributed by atoms with Crippen molar-refractivity contribution in [3.05, 3.63) is 42.0 Å². The second-order valence-electron chi connectivity index (χ2n) is 7.19. The van der Waals surface area contributed by atoms with E-state index >= 15 is 0 Å². The smallest absolute Gasteiger partial charge is 0.213 e. The second kappa shape index (κ2) is 11.2. The fourth-order valence-corrected chi connectivity index (χ4v) is 4.68. The molecule has 0 atom stereocenters. The third-order valence-corrected chi connectivity index (χ3v) is 7.24. The number of anilines is 1. The number of sulfonamides is 1. The van der Waals surface area contributed by atoms with Crippen LogP contribution in [0.1, 0.15) is 25.3 Å². The summed E-state index contributed by atoms with van der Waals surface area (Å²) in [5, 5.41) is 6.78. The Balaban J connectivity index is 0.00000300. The first kappa shape index (κ1) is 23.9. The van der Waals surface area contributed by atoms with Crippen molar-refractivity contribution >= 4 is 45.6 Å². The van der Waals surface area contributed by atoms with Crippen molar-refractivity contribution in [1.29, 1.82) is 0 Å². The molecule has 0 aromatic heterocycles. The molecule has 29 heavy (non-hydrogen) atoms. The molecule has 1 aromatic carbocycles. The summed E-state index contributed by atoms with van der Waals surface area (Å²) in [5.41, 5.74) is 2.44. The summed E-state index contributed by atoms with van der Waals surface area (Å²) < 4.78 is 25.5. The van der Waals surface area contributed by atoms with Gasteiger partial charge in [0.05, 0.1) is 5.75 Å². The molecule has 2 heterocycles. The second-order valence-corrected chi connectivity index (χ2v) is 9.44. The van der Waals surface area contributed by atoms with Crippen LogP contribution in [0.15, 0.2) is 41.4 Å². The third-order valence-electron chi connectivity index (χ3n) is 5.36. The van der Waals surface area contributed by atoms with Crippen molar-refractivity contribution in [3.63, 3.8) is 0 Å². The van der Waals surface area contributed by atoms with E-state index in [9.17, 15) is 8.42 Å². The van der Waals surface area contributed by atoms with Crippen LogP contribution in [0, 0.1) is 0 Å². The Kier molecular flexibility index (Phi) is 9.22. The molecule has 0 amide bonds. The van der Waals surface area contributed by atoms with E-state index in [1.54, 1.807) is 18.3 Å². The largest absolute Gasteiger partial charge is 0.364 e. The molecule has 3 rings (SSSR count). The van der Waals surface area contributed by atoms with E-state index in [1.807, 2.05) is 0 Å². The number of halogens is 1. The SMILES string of the molecule is CCS(=O)(=O)N1CCC(NC(=NC)NCc2ccc(N3CC=CC3)cc2)CC1.I. The van der Waals surface area contributed by atoms with Crippen LogP contribution in [-0.4, -0.2) is 63.7 Å². The van der Waals surface area contributed by atoms with Crippen molar-refractivity contribution < 1.29 is 8.42 Å². The highest BCUT2D eigenvalue weighted by Gasteiger charge is 2.26. The number of benzene rings is 1. The molecule has 7 nitrogen and oxygen atoms in total. The number of aliphatic imine (C=N–C) groups is 1. The summed E-state index contributed by atoms with van der Waals surface area (Å²) in [6, 6.07) is 8.83.